The van der Waals surface area contributed by atoms with Gasteiger partial charge in [0.25, 0.3) is 5.91 Å². The first-order valence-electron chi connectivity index (χ1n) is 5.79. The lowest BCUT2D eigenvalue weighted by molar-refractivity contribution is -0.129. The lowest BCUT2D eigenvalue weighted by Gasteiger charge is -2.10. The van der Waals surface area contributed by atoms with E-state index in [0.29, 0.717) is 10.9 Å². The number of carbonyl (C=O) groups excluding carboxylic acids is 2. The minimum atomic E-state index is -0.605. The summed E-state index contributed by atoms with van der Waals surface area (Å²) in [7, 11) is 3.33. The standard InChI is InChI=1S/C13H15N4O2/c1-8-4-5-10-9(6-8)12(13(14)19)15-17(10)7-11(18)16(2)3/h5-6H,7H2,1-3H3,(H2,14,19). The molecule has 0 bridgehead atoms. The van der Waals surface area contributed by atoms with Crippen molar-refractivity contribution in [3.05, 3.63) is 29.5 Å². The summed E-state index contributed by atoms with van der Waals surface area (Å²) < 4.78 is 1.48. The highest BCUT2D eigenvalue weighted by molar-refractivity contribution is 6.04. The van der Waals surface area contributed by atoms with Gasteiger partial charge in [-0.05, 0) is 30.7 Å². The average molecular weight is 259 g/mol. The summed E-state index contributed by atoms with van der Waals surface area (Å²) in [6, 6.07) is 6.54. The van der Waals surface area contributed by atoms with Crippen LogP contribution in [-0.2, 0) is 11.3 Å². The second-order valence-electron chi connectivity index (χ2n) is 4.57. The topological polar surface area (TPSA) is 81.2 Å². The second-order valence-corrected chi connectivity index (χ2v) is 4.57. The molecule has 0 aliphatic carbocycles. The van der Waals surface area contributed by atoms with Gasteiger partial charge in [-0.15, -0.1) is 0 Å². The molecule has 0 spiro atoms. The summed E-state index contributed by atoms with van der Waals surface area (Å²) in [6.07, 6.45) is 0. The maximum Gasteiger partial charge on any atom is 0.269 e. The van der Waals surface area contributed by atoms with Crippen molar-refractivity contribution >= 4 is 22.7 Å². The Labute approximate surface area is 110 Å². The number of fused-ring (bicyclic) bond motifs is 1. The monoisotopic (exact) mass is 259 g/mol. The van der Waals surface area contributed by atoms with Gasteiger partial charge in [-0.3, -0.25) is 14.3 Å². The molecule has 0 fully saturated rings. The fourth-order valence-corrected chi connectivity index (χ4v) is 1.80. The van der Waals surface area contributed by atoms with E-state index in [2.05, 4.69) is 11.2 Å². The van der Waals surface area contributed by atoms with Crippen LogP contribution in [0.3, 0.4) is 0 Å². The molecule has 2 aromatic rings. The number of amides is 2. The van der Waals surface area contributed by atoms with Gasteiger partial charge in [0.15, 0.2) is 5.69 Å². The van der Waals surface area contributed by atoms with Crippen LogP contribution in [0.4, 0.5) is 0 Å². The zero-order chi connectivity index (χ0) is 14.2. The molecule has 1 radical (unpaired) electrons. The number of aromatic nitrogens is 2. The zero-order valence-electron chi connectivity index (χ0n) is 11.1. The second kappa shape index (κ2) is 4.72. The summed E-state index contributed by atoms with van der Waals surface area (Å²) in [5.74, 6) is -0.715. The number of nitrogens with zero attached hydrogens (tertiary/aromatic N) is 3. The maximum atomic E-state index is 11.7. The van der Waals surface area contributed by atoms with E-state index in [0.717, 1.165) is 5.56 Å². The van der Waals surface area contributed by atoms with Crippen molar-refractivity contribution in [2.24, 2.45) is 5.73 Å². The maximum absolute atomic E-state index is 11.7. The van der Waals surface area contributed by atoms with Crippen LogP contribution in [0.15, 0.2) is 12.1 Å². The third-order valence-electron chi connectivity index (χ3n) is 2.84. The summed E-state index contributed by atoms with van der Waals surface area (Å²) in [5, 5.41) is 4.78. The van der Waals surface area contributed by atoms with E-state index in [1.807, 2.05) is 6.92 Å². The fraction of sp³-hybridized carbons (Fsp3) is 0.308. The van der Waals surface area contributed by atoms with E-state index in [9.17, 15) is 9.59 Å². The van der Waals surface area contributed by atoms with Gasteiger partial charge in [-0.2, -0.15) is 5.10 Å². The van der Waals surface area contributed by atoms with E-state index in [-0.39, 0.29) is 18.1 Å². The molecule has 0 aliphatic heterocycles. The number of primary amides is 1. The first-order chi connectivity index (χ1) is 8.90. The number of hydrogen-bond donors (Lipinski definition) is 1. The Balaban J connectivity index is 2.56. The van der Waals surface area contributed by atoms with Crippen LogP contribution in [-0.4, -0.2) is 40.6 Å². The van der Waals surface area contributed by atoms with Crippen LogP contribution < -0.4 is 5.73 Å². The van der Waals surface area contributed by atoms with E-state index >= 15 is 0 Å². The van der Waals surface area contributed by atoms with Crippen LogP contribution in [0.5, 0.6) is 0 Å². The Bertz CT molecular complexity index is 658. The van der Waals surface area contributed by atoms with Gasteiger partial charge in [-0.25, -0.2) is 0 Å². The Hall–Kier alpha value is -2.37. The summed E-state index contributed by atoms with van der Waals surface area (Å²) in [4.78, 5) is 24.6. The quantitative estimate of drug-likeness (QED) is 0.862. The normalized spacial score (nSPS) is 10.7. The minimum Gasteiger partial charge on any atom is -0.364 e. The number of hydrogen-bond acceptors (Lipinski definition) is 3. The van der Waals surface area contributed by atoms with Crippen molar-refractivity contribution in [3.8, 4) is 0 Å². The number of carbonyl (C=O) groups is 2. The van der Waals surface area contributed by atoms with Crippen LogP contribution in [0, 0.1) is 13.0 Å². The molecule has 2 rings (SSSR count). The largest absolute Gasteiger partial charge is 0.364 e. The van der Waals surface area contributed by atoms with Gasteiger partial charge >= 0.3 is 0 Å². The summed E-state index contributed by atoms with van der Waals surface area (Å²) >= 11 is 0. The van der Waals surface area contributed by atoms with Crippen molar-refractivity contribution in [2.75, 3.05) is 14.1 Å². The van der Waals surface area contributed by atoms with Crippen LogP contribution in [0.1, 0.15) is 16.1 Å². The van der Waals surface area contributed by atoms with E-state index < -0.39 is 5.91 Å². The van der Waals surface area contributed by atoms with Crippen molar-refractivity contribution in [1.29, 1.82) is 0 Å². The Morgan fingerprint density at radius 2 is 2.16 bits per heavy atom. The first kappa shape index (κ1) is 13.1. The molecule has 0 unspecified atom stereocenters. The summed E-state index contributed by atoms with van der Waals surface area (Å²) in [5.41, 5.74) is 7.05. The van der Waals surface area contributed by atoms with Crippen LogP contribution in [0.25, 0.3) is 10.9 Å². The molecule has 0 aliphatic rings. The summed E-state index contributed by atoms with van der Waals surface area (Å²) in [6.45, 7) is 1.93. The lowest BCUT2D eigenvalue weighted by Crippen LogP contribution is -2.27. The third kappa shape index (κ3) is 2.42. The van der Waals surface area contributed by atoms with Gasteiger partial charge in [0.05, 0.1) is 5.52 Å². The van der Waals surface area contributed by atoms with Crippen molar-refractivity contribution in [3.63, 3.8) is 0 Å². The Morgan fingerprint density at radius 3 is 2.74 bits per heavy atom. The van der Waals surface area contributed by atoms with E-state index in [1.54, 1.807) is 26.2 Å². The zero-order valence-corrected chi connectivity index (χ0v) is 11.1. The number of nitrogens with two attached hydrogens (primary N) is 1. The Morgan fingerprint density at radius 1 is 1.47 bits per heavy atom. The molecule has 1 heterocycles. The lowest BCUT2D eigenvalue weighted by atomic mass is 10.1. The van der Waals surface area contributed by atoms with Crippen molar-refractivity contribution in [1.82, 2.24) is 14.7 Å². The highest BCUT2D eigenvalue weighted by atomic mass is 16.2. The van der Waals surface area contributed by atoms with Crippen LogP contribution in [0.2, 0.25) is 0 Å². The van der Waals surface area contributed by atoms with Gasteiger partial charge in [0, 0.05) is 19.5 Å². The molecular formula is C13H15N4O2. The predicted molar refractivity (Wildman–Crippen MR) is 70.5 cm³/mol. The van der Waals surface area contributed by atoms with Crippen molar-refractivity contribution < 1.29 is 9.59 Å². The highest BCUT2D eigenvalue weighted by Crippen LogP contribution is 2.19. The predicted octanol–water partition coefficient (Wildman–Crippen LogP) is 0.332. The molecule has 19 heavy (non-hydrogen) atoms. The van der Waals surface area contributed by atoms with E-state index in [4.69, 9.17) is 5.73 Å². The SMILES string of the molecule is Cc1[c]cc2c(c1)c(C(N)=O)nn2CC(=O)N(C)C. The number of benzene rings is 1. The average Bonchev–Trinajstić information content (AvgIpc) is 2.67. The third-order valence-corrected chi connectivity index (χ3v) is 2.84. The van der Waals surface area contributed by atoms with Gasteiger partial charge in [0.1, 0.15) is 6.54 Å². The molecule has 6 heteroatoms. The van der Waals surface area contributed by atoms with E-state index in [1.165, 1.54) is 9.58 Å². The van der Waals surface area contributed by atoms with Gasteiger partial charge < -0.3 is 10.6 Å². The molecule has 99 valence electrons. The molecule has 6 nitrogen and oxygen atoms in total. The van der Waals surface area contributed by atoms with Gasteiger partial charge in [-0.1, -0.05) is 0 Å². The molecule has 1 aromatic heterocycles. The van der Waals surface area contributed by atoms with Crippen LogP contribution >= 0.6 is 0 Å². The van der Waals surface area contributed by atoms with Crippen molar-refractivity contribution in [2.45, 2.75) is 13.5 Å². The molecule has 2 N–H and O–H groups in total. The molecule has 0 saturated carbocycles. The molecule has 0 saturated heterocycles. The molecular weight excluding hydrogens is 244 g/mol. The van der Waals surface area contributed by atoms with Gasteiger partial charge in [0.2, 0.25) is 5.91 Å². The molecule has 2 amide bonds. The first-order valence-corrected chi connectivity index (χ1v) is 5.79. The highest BCUT2D eigenvalue weighted by Gasteiger charge is 2.17. The molecule has 1 aromatic carbocycles. The number of rotatable bonds is 3. The fourth-order valence-electron chi connectivity index (χ4n) is 1.80. The number of aryl methyl sites for hydroxylation is 1. The number of likely N-dealkylation sites (N-methyl/N-ethyl adjacent to an activating group) is 1. The Kier molecular flexibility index (Phi) is 3.25. The smallest absolute Gasteiger partial charge is 0.269 e. The minimum absolute atomic E-state index is 0.0632. The molecule has 0 atom stereocenters.